The van der Waals surface area contributed by atoms with Crippen molar-refractivity contribution in [1.29, 1.82) is 0 Å². The van der Waals surface area contributed by atoms with E-state index in [0.717, 1.165) is 61.7 Å². The van der Waals surface area contributed by atoms with E-state index >= 15 is 0 Å². The van der Waals surface area contributed by atoms with Gasteiger partial charge in [0.1, 0.15) is 0 Å². The van der Waals surface area contributed by atoms with Gasteiger partial charge in [-0.2, -0.15) is 0 Å². The van der Waals surface area contributed by atoms with Crippen molar-refractivity contribution in [1.82, 2.24) is 4.57 Å². The van der Waals surface area contributed by atoms with E-state index in [4.69, 9.17) is 0 Å². The van der Waals surface area contributed by atoms with Gasteiger partial charge < -0.3 is 9.47 Å². The van der Waals surface area contributed by atoms with Crippen LogP contribution in [0, 0.1) is 0 Å². The van der Waals surface area contributed by atoms with Crippen molar-refractivity contribution < 1.29 is 0 Å². The summed E-state index contributed by atoms with van der Waals surface area (Å²) >= 11 is 0. The first-order chi connectivity index (χ1) is 42.2. The number of benzene rings is 14. The van der Waals surface area contributed by atoms with Crippen molar-refractivity contribution in [3.8, 4) is 72.4 Å². The van der Waals surface area contributed by atoms with Crippen LogP contribution in [-0.4, -0.2) is 4.57 Å². The summed E-state index contributed by atoms with van der Waals surface area (Å²) in [5.74, 6) is 0. The zero-order chi connectivity index (χ0) is 56.3. The Hall–Kier alpha value is -11.1. The van der Waals surface area contributed by atoms with Gasteiger partial charge in [0.2, 0.25) is 0 Å². The van der Waals surface area contributed by atoms with Crippen LogP contribution in [-0.2, 0) is 5.41 Å². The smallest absolute Gasteiger partial charge is 0.0714 e. The summed E-state index contributed by atoms with van der Waals surface area (Å²) in [6.45, 7) is 0. The largest absolute Gasteiger partial charge is 0.310 e. The highest BCUT2D eigenvalue weighted by Crippen LogP contribution is 2.58. The van der Waals surface area contributed by atoms with Gasteiger partial charge >= 0.3 is 0 Å². The lowest BCUT2D eigenvalue weighted by molar-refractivity contribution is 0.768. The number of hydrogen-bond donors (Lipinski definition) is 0. The maximum Gasteiger partial charge on any atom is 0.0714 e. The Bertz CT molecular complexity index is 4930. The number of fused-ring (bicyclic) bond motifs is 7. The molecule has 85 heavy (non-hydrogen) atoms. The Morgan fingerprint density at radius 1 is 0.247 bits per heavy atom. The first kappa shape index (κ1) is 49.7. The molecule has 398 valence electrons. The highest BCUT2D eigenvalue weighted by Gasteiger charge is 2.46. The number of rotatable bonds is 11. The third kappa shape index (κ3) is 8.41. The predicted molar refractivity (Wildman–Crippen MR) is 357 cm³/mol. The maximum atomic E-state index is 2.53. The van der Waals surface area contributed by atoms with Gasteiger partial charge in [-0.1, -0.05) is 273 Å². The summed E-state index contributed by atoms with van der Waals surface area (Å²) in [5.41, 5.74) is 25.1. The van der Waals surface area contributed by atoms with Crippen LogP contribution >= 0.6 is 0 Å². The van der Waals surface area contributed by atoms with Crippen LogP contribution in [0.1, 0.15) is 22.3 Å². The molecular formula is C83H56N2. The SMILES string of the molecule is c1ccc(-c2ccc(N(c3ccc4c(c3)C(c3ccccc3)(c3ccccc3)c3ccccc3-4)c3cc(-c4ccc5cc(-c6ccccc6)ccc5c4)ccc3-c3ccccc3-c3ccc4c5ccccc5n(-c5ccccc5)c4c3)cc2)cc1. The molecule has 0 saturated carbocycles. The fourth-order valence-electron chi connectivity index (χ4n) is 13.8. The van der Waals surface area contributed by atoms with Crippen LogP contribution < -0.4 is 4.90 Å². The van der Waals surface area contributed by atoms with Crippen LogP contribution in [0.4, 0.5) is 17.1 Å². The van der Waals surface area contributed by atoms with Gasteiger partial charge in [-0.3, -0.25) is 0 Å². The molecule has 1 heterocycles. The zero-order valence-corrected chi connectivity index (χ0v) is 46.7. The molecule has 0 aliphatic heterocycles. The second-order valence-electron chi connectivity index (χ2n) is 22.3. The molecule has 0 atom stereocenters. The molecule has 15 aromatic rings. The minimum atomic E-state index is -0.600. The highest BCUT2D eigenvalue weighted by atomic mass is 15.1. The molecule has 0 saturated heterocycles. The third-order valence-electron chi connectivity index (χ3n) is 17.7. The van der Waals surface area contributed by atoms with E-state index in [0.29, 0.717) is 0 Å². The van der Waals surface area contributed by atoms with E-state index in [2.05, 4.69) is 349 Å². The first-order valence-electron chi connectivity index (χ1n) is 29.4. The van der Waals surface area contributed by atoms with Gasteiger partial charge in [0.15, 0.2) is 0 Å². The van der Waals surface area contributed by atoms with E-state index < -0.39 is 5.41 Å². The van der Waals surface area contributed by atoms with Gasteiger partial charge in [-0.25, -0.2) is 0 Å². The molecule has 0 fully saturated rings. The normalized spacial score (nSPS) is 12.3. The van der Waals surface area contributed by atoms with E-state index in [-0.39, 0.29) is 0 Å². The lowest BCUT2D eigenvalue weighted by atomic mass is 9.67. The summed E-state index contributed by atoms with van der Waals surface area (Å²) < 4.78 is 2.42. The molecule has 0 radical (unpaired) electrons. The minimum absolute atomic E-state index is 0.600. The minimum Gasteiger partial charge on any atom is -0.310 e. The standard InChI is InChI=1S/C83H56N2/c1-6-22-57(23-7-1)59-42-46-69(47-43-59)84(70-48-51-74-73-34-18-20-36-78(73)83(79(74)56-70,66-26-10-3-11-27-66)67-28-12-4-13-29-67)81-54-64(63-41-40-61-52-60(38-39-62(61)53-63)58-24-8-2-9-25-58)44-49-76(81)72-33-17-16-32-71(72)65-45-50-77-75-35-19-21-37-80(75)85(82(77)55-65)68-30-14-5-15-31-68/h1-56H. The second-order valence-corrected chi connectivity index (χ2v) is 22.3. The molecule has 1 aromatic heterocycles. The second kappa shape index (κ2) is 20.7. The third-order valence-corrected chi connectivity index (χ3v) is 17.7. The Balaban J connectivity index is 0.951. The maximum absolute atomic E-state index is 2.53. The Morgan fingerprint density at radius 3 is 1.39 bits per heavy atom. The Morgan fingerprint density at radius 2 is 0.706 bits per heavy atom. The Kier molecular flexibility index (Phi) is 12.1. The predicted octanol–water partition coefficient (Wildman–Crippen LogP) is 22.1. The van der Waals surface area contributed by atoms with E-state index in [1.807, 2.05) is 0 Å². The summed E-state index contributed by atoms with van der Waals surface area (Å²) in [7, 11) is 0. The number of nitrogens with zero attached hydrogens (tertiary/aromatic N) is 2. The molecule has 14 aromatic carbocycles. The van der Waals surface area contributed by atoms with Gasteiger partial charge in [-0.15, -0.1) is 0 Å². The Labute approximate surface area is 496 Å². The molecule has 2 nitrogen and oxygen atoms in total. The van der Waals surface area contributed by atoms with Gasteiger partial charge in [0.05, 0.1) is 22.1 Å². The van der Waals surface area contributed by atoms with Gasteiger partial charge in [-0.05, 0) is 161 Å². The molecule has 0 amide bonds. The average Bonchev–Trinajstić information content (AvgIpc) is 1.71. The lowest BCUT2D eigenvalue weighted by Gasteiger charge is -2.35. The summed E-state index contributed by atoms with van der Waals surface area (Å²) in [6.07, 6.45) is 0. The molecule has 0 unspecified atom stereocenters. The quantitative estimate of drug-likeness (QED) is 0.125. The number of hydrogen-bond acceptors (Lipinski definition) is 1. The number of anilines is 3. The summed E-state index contributed by atoms with van der Waals surface area (Å²) in [5, 5.41) is 4.86. The molecule has 0 bridgehead atoms. The van der Waals surface area contributed by atoms with E-state index in [1.165, 1.54) is 82.6 Å². The fourth-order valence-corrected chi connectivity index (χ4v) is 13.8. The highest BCUT2D eigenvalue weighted by molar-refractivity contribution is 6.11. The van der Waals surface area contributed by atoms with Crippen molar-refractivity contribution in [2.75, 3.05) is 4.90 Å². The van der Waals surface area contributed by atoms with Crippen LogP contribution in [0.25, 0.3) is 105 Å². The molecular weight excluding hydrogens is 1020 g/mol. The van der Waals surface area contributed by atoms with Crippen LogP contribution in [0.15, 0.2) is 340 Å². The summed E-state index contributed by atoms with van der Waals surface area (Å²) in [4.78, 5) is 2.53. The van der Waals surface area contributed by atoms with Crippen LogP contribution in [0.3, 0.4) is 0 Å². The van der Waals surface area contributed by atoms with E-state index in [1.54, 1.807) is 0 Å². The topological polar surface area (TPSA) is 8.17 Å². The molecule has 16 rings (SSSR count). The first-order valence-corrected chi connectivity index (χ1v) is 29.4. The monoisotopic (exact) mass is 1080 g/mol. The lowest BCUT2D eigenvalue weighted by Crippen LogP contribution is -2.28. The molecule has 0 N–H and O–H groups in total. The molecule has 2 heteroatoms. The van der Waals surface area contributed by atoms with Crippen molar-refractivity contribution in [2.45, 2.75) is 5.41 Å². The van der Waals surface area contributed by atoms with E-state index in [9.17, 15) is 0 Å². The van der Waals surface area contributed by atoms with Gasteiger partial charge in [0, 0.05) is 33.4 Å². The molecule has 1 aliphatic rings. The fraction of sp³-hybridized carbons (Fsp3) is 0.0120. The number of para-hydroxylation sites is 2. The van der Waals surface area contributed by atoms with Gasteiger partial charge in [0.25, 0.3) is 0 Å². The molecule has 0 spiro atoms. The zero-order valence-electron chi connectivity index (χ0n) is 46.7. The average molecular weight is 1080 g/mol. The van der Waals surface area contributed by atoms with Crippen molar-refractivity contribution >= 4 is 49.6 Å². The van der Waals surface area contributed by atoms with Crippen molar-refractivity contribution in [2.24, 2.45) is 0 Å². The van der Waals surface area contributed by atoms with Crippen LogP contribution in [0.5, 0.6) is 0 Å². The number of aromatic nitrogens is 1. The summed E-state index contributed by atoms with van der Waals surface area (Å²) in [6, 6.07) is 126. The van der Waals surface area contributed by atoms with Crippen molar-refractivity contribution in [3.05, 3.63) is 362 Å². The van der Waals surface area contributed by atoms with Crippen molar-refractivity contribution in [3.63, 3.8) is 0 Å². The molecule has 1 aliphatic carbocycles. The van der Waals surface area contributed by atoms with Crippen LogP contribution in [0.2, 0.25) is 0 Å².